The summed E-state index contributed by atoms with van der Waals surface area (Å²) >= 11 is 3.17. The van der Waals surface area contributed by atoms with Gasteiger partial charge in [0.1, 0.15) is 11.9 Å². The van der Waals surface area contributed by atoms with Crippen molar-refractivity contribution in [1.29, 1.82) is 0 Å². The van der Waals surface area contributed by atoms with Gasteiger partial charge in [-0.3, -0.25) is 9.48 Å². The van der Waals surface area contributed by atoms with Gasteiger partial charge >= 0.3 is 0 Å². The molecular weight excluding hydrogens is 327 g/mol. The van der Waals surface area contributed by atoms with Gasteiger partial charge in [0, 0.05) is 22.8 Å². The third kappa shape index (κ3) is 3.16. The number of nitrogens with one attached hydrogen (secondary N) is 1. The van der Waals surface area contributed by atoms with Gasteiger partial charge in [0.25, 0.3) is 0 Å². The van der Waals surface area contributed by atoms with Gasteiger partial charge in [-0.05, 0) is 19.1 Å². The summed E-state index contributed by atoms with van der Waals surface area (Å²) < 4.78 is 16.2. The molecule has 1 aromatic heterocycles. The lowest BCUT2D eigenvalue weighted by Crippen LogP contribution is -2.28. The van der Waals surface area contributed by atoms with E-state index in [1.165, 1.54) is 12.1 Å². The highest BCUT2D eigenvalue weighted by Crippen LogP contribution is 2.24. The molecule has 1 atom stereocenters. The van der Waals surface area contributed by atoms with E-state index >= 15 is 0 Å². The van der Waals surface area contributed by atoms with E-state index in [-0.39, 0.29) is 5.56 Å². The second kappa shape index (κ2) is 6.04. The average Bonchev–Trinajstić information content (AvgIpc) is 2.84. The van der Waals surface area contributed by atoms with E-state index in [9.17, 15) is 9.18 Å². The third-order valence-corrected chi connectivity index (χ3v) is 3.32. The molecule has 3 N–H and O–H groups in total. The fraction of sp³-hybridized carbons (Fsp3) is 0.231. The number of nitrogens with two attached hydrogens (primary N) is 1. The fourth-order valence-electron chi connectivity index (χ4n) is 1.82. The number of carbonyl (C=O) groups is 1. The first-order valence-corrected chi connectivity index (χ1v) is 6.83. The highest BCUT2D eigenvalue weighted by Gasteiger charge is 2.21. The minimum Gasteiger partial charge on any atom is -0.368 e. The first-order valence-electron chi connectivity index (χ1n) is 6.04. The maximum Gasteiger partial charge on any atom is 0.244 e. The SMILES string of the molecule is CCn1cc(N[C@@H](C(N)=O)c2ccc(Br)cc2F)cn1. The number of hydrogen-bond donors (Lipinski definition) is 2. The summed E-state index contributed by atoms with van der Waals surface area (Å²) in [5.41, 5.74) is 6.16. The Balaban J connectivity index is 2.29. The van der Waals surface area contributed by atoms with Gasteiger partial charge in [0.15, 0.2) is 0 Å². The topological polar surface area (TPSA) is 72.9 Å². The van der Waals surface area contributed by atoms with Crippen LogP contribution in [0.25, 0.3) is 0 Å². The van der Waals surface area contributed by atoms with Gasteiger partial charge in [-0.15, -0.1) is 0 Å². The first-order chi connectivity index (χ1) is 9.51. The molecule has 0 saturated heterocycles. The summed E-state index contributed by atoms with van der Waals surface area (Å²) in [5, 5.41) is 6.97. The summed E-state index contributed by atoms with van der Waals surface area (Å²) in [7, 11) is 0. The number of benzene rings is 1. The number of hydrogen-bond acceptors (Lipinski definition) is 3. The maximum absolute atomic E-state index is 13.9. The Hall–Kier alpha value is -1.89. The predicted molar refractivity (Wildman–Crippen MR) is 77.6 cm³/mol. The van der Waals surface area contributed by atoms with E-state index in [2.05, 4.69) is 26.3 Å². The number of halogens is 2. The highest BCUT2D eigenvalue weighted by atomic mass is 79.9. The van der Waals surface area contributed by atoms with Crippen molar-refractivity contribution in [1.82, 2.24) is 9.78 Å². The maximum atomic E-state index is 13.9. The number of anilines is 1. The molecule has 20 heavy (non-hydrogen) atoms. The zero-order chi connectivity index (χ0) is 14.7. The Labute approximate surface area is 124 Å². The van der Waals surface area contributed by atoms with Gasteiger partial charge in [0.2, 0.25) is 5.91 Å². The molecule has 1 amide bonds. The lowest BCUT2D eigenvalue weighted by molar-refractivity contribution is -0.118. The second-order valence-corrected chi connectivity index (χ2v) is 5.15. The summed E-state index contributed by atoms with van der Waals surface area (Å²) in [6.45, 7) is 2.65. The number of primary amides is 1. The smallest absolute Gasteiger partial charge is 0.244 e. The van der Waals surface area contributed by atoms with Crippen molar-refractivity contribution in [3.63, 3.8) is 0 Å². The molecule has 5 nitrogen and oxygen atoms in total. The van der Waals surface area contributed by atoms with E-state index in [0.29, 0.717) is 16.7 Å². The van der Waals surface area contributed by atoms with Crippen LogP contribution in [0, 0.1) is 5.82 Å². The van der Waals surface area contributed by atoms with Crippen LogP contribution in [0.15, 0.2) is 35.1 Å². The van der Waals surface area contributed by atoms with Crippen LogP contribution >= 0.6 is 15.9 Å². The van der Waals surface area contributed by atoms with Crippen LogP contribution in [0.5, 0.6) is 0 Å². The molecule has 1 aromatic carbocycles. The molecule has 2 rings (SSSR count). The van der Waals surface area contributed by atoms with Gasteiger partial charge < -0.3 is 11.1 Å². The minimum atomic E-state index is -0.947. The number of nitrogens with zero attached hydrogens (tertiary/aromatic N) is 2. The molecule has 1 heterocycles. The molecule has 0 spiro atoms. The normalized spacial score (nSPS) is 12.2. The molecule has 106 valence electrons. The van der Waals surface area contributed by atoms with Crippen LogP contribution in [0.3, 0.4) is 0 Å². The van der Waals surface area contributed by atoms with Crippen LogP contribution in [0.2, 0.25) is 0 Å². The molecule has 0 aliphatic heterocycles. The van der Waals surface area contributed by atoms with Crippen molar-refractivity contribution >= 4 is 27.5 Å². The summed E-state index contributed by atoms with van der Waals surface area (Å²) in [6.07, 6.45) is 3.29. The van der Waals surface area contributed by atoms with E-state index in [1.54, 1.807) is 23.1 Å². The van der Waals surface area contributed by atoms with Gasteiger partial charge in [-0.25, -0.2) is 4.39 Å². The molecule has 0 fully saturated rings. The summed E-state index contributed by atoms with van der Waals surface area (Å²) in [5.74, 6) is -1.16. The Morgan fingerprint density at radius 2 is 2.35 bits per heavy atom. The minimum absolute atomic E-state index is 0.199. The molecular formula is C13H14BrFN4O. The number of amides is 1. The average molecular weight is 341 g/mol. The molecule has 7 heteroatoms. The number of carbonyl (C=O) groups excluding carboxylic acids is 1. The monoisotopic (exact) mass is 340 g/mol. The molecule has 2 aromatic rings. The van der Waals surface area contributed by atoms with Crippen molar-refractivity contribution in [3.8, 4) is 0 Å². The lowest BCUT2D eigenvalue weighted by Gasteiger charge is -2.16. The van der Waals surface area contributed by atoms with Gasteiger partial charge in [-0.2, -0.15) is 5.10 Å². The largest absolute Gasteiger partial charge is 0.368 e. The zero-order valence-corrected chi connectivity index (χ0v) is 12.4. The highest BCUT2D eigenvalue weighted by molar-refractivity contribution is 9.10. The molecule has 0 unspecified atom stereocenters. The van der Waals surface area contributed by atoms with Crippen molar-refractivity contribution in [2.75, 3.05) is 5.32 Å². The Morgan fingerprint density at radius 3 is 2.90 bits per heavy atom. The molecule has 0 aliphatic carbocycles. The summed E-state index contributed by atoms with van der Waals surface area (Å²) in [4.78, 5) is 11.6. The predicted octanol–water partition coefficient (Wildman–Crippen LogP) is 2.44. The van der Waals surface area contributed by atoms with Crippen molar-refractivity contribution in [2.24, 2.45) is 5.73 Å². The number of rotatable bonds is 5. The van der Waals surface area contributed by atoms with Crippen molar-refractivity contribution in [2.45, 2.75) is 19.5 Å². The van der Waals surface area contributed by atoms with Gasteiger partial charge in [0.05, 0.1) is 11.9 Å². The molecule has 0 bridgehead atoms. The molecule has 0 saturated carbocycles. The van der Waals surface area contributed by atoms with Crippen LogP contribution in [0.1, 0.15) is 18.5 Å². The second-order valence-electron chi connectivity index (χ2n) is 4.23. The zero-order valence-electron chi connectivity index (χ0n) is 10.8. The summed E-state index contributed by atoms with van der Waals surface area (Å²) in [6, 6.07) is 3.53. The van der Waals surface area contributed by atoms with Gasteiger partial charge in [-0.1, -0.05) is 22.0 Å². The van der Waals surface area contributed by atoms with E-state index in [4.69, 9.17) is 5.73 Å². The Bertz CT molecular complexity index is 629. The lowest BCUT2D eigenvalue weighted by atomic mass is 10.1. The van der Waals surface area contributed by atoms with Crippen LogP contribution in [0.4, 0.5) is 10.1 Å². The Kier molecular flexibility index (Phi) is 4.39. The molecule has 0 aliphatic rings. The fourth-order valence-corrected chi connectivity index (χ4v) is 2.15. The quantitative estimate of drug-likeness (QED) is 0.877. The van der Waals surface area contributed by atoms with Crippen LogP contribution in [-0.2, 0) is 11.3 Å². The van der Waals surface area contributed by atoms with Crippen LogP contribution in [-0.4, -0.2) is 15.7 Å². The van der Waals surface area contributed by atoms with Crippen molar-refractivity contribution in [3.05, 3.63) is 46.4 Å². The van der Waals surface area contributed by atoms with E-state index in [0.717, 1.165) is 0 Å². The van der Waals surface area contributed by atoms with E-state index < -0.39 is 17.8 Å². The Morgan fingerprint density at radius 1 is 1.60 bits per heavy atom. The third-order valence-electron chi connectivity index (χ3n) is 2.83. The standard InChI is InChI=1S/C13H14BrFN4O/c1-2-19-7-9(6-17-19)18-12(13(16)20)10-4-3-8(14)5-11(10)15/h3-7,12,18H,2H2,1H3,(H2,16,20)/t12-/m1/s1. The molecule has 0 radical (unpaired) electrons. The number of aryl methyl sites for hydroxylation is 1. The van der Waals surface area contributed by atoms with E-state index in [1.807, 2.05) is 6.92 Å². The van der Waals surface area contributed by atoms with Crippen molar-refractivity contribution < 1.29 is 9.18 Å². The first kappa shape index (κ1) is 14.5. The van der Waals surface area contributed by atoms with Crippen LogP contribution < -0.4 is 11.1 Å². The number of aromatic nitrogens is 2.